The molecular formula is C50H65F4N17. The molecule has 5 fully saturated rings. The van der Waals surface area contributed by atoms with Crippen molar-refractivity contribution in [1.29, 1.82) is 36.8 Å². The average Bonchev–Trinajstić information content (AvgIpc) is 3.35. The second-order valence-electron chi connectivity index (χ2n) is 16.9. The Balaban J connectivity index is 0.000000446. The molecule has 3 atom stereocenters. The molecule has 0 saturated carbocycles. The number of rotatable bonds is 12. The van der Waals surface area contributed by atoms with Gasteiger partial charge < -0.3 is 0 Å². The SMILES string of the molecule is C#CC(C#N)N1CCCN(C(C#N)C#N)C1.C#CCCN1CCCN(CCC#N)C1.C#CCN1CC(C(F)(F)F)CN(CC#N)C1.C#CCN1CC(F)CN(CC#N)C1.C#CCN1CCCN(CC#N)C1. The lowest BCUT2D eigenvalue weighted by molar-refractivity contribution is -0.194. The number of halogens is 4. The monoisotopic (exact) mass is 980 g/mol. The van der Waals surface area contributed by atoms with Gasteiger partial charge in [-0.2, -0.15) is 50.0 Å². The summed E-state index contributed by atoms with van der Waals surface area (Å²) in [5.41, 5.74) is 0. The summed E-state index contributed by atoms with van der Waals surface area (Å²) in [6.45, 7) is 13.4. The van der Waals surface area contributed by atoms with Crippen molar-refractivity contribution in [3.63, 3.8) is 0 Å². The van der Waals surface area contributed by atoms with Gasteiger partial charge in [0.2, 0.25) is 0 Å². The minimum Gasteiger partial charge on any atom is -0.289 e. The van der Waals surface area contributed by atoms with Gasteiger partial charge in [-0.15, -0.1) is 38.0 Å². The Bertz CT molecular complexity index is 1930. The second kappa shape index (κ2) is 37.4. The van der Waals surface area contributed by atoms with E-state index in [1.807, 2.05) is 35.2 Å². The highest BCUT2D eigenvalue weighted by Gasteiger charge is 2.43. The minimum atomic E-state index is -4.24. The van der Waals surface area contributed by atoms with Crippen LogP contribution in [0.25, 0.3) is 0 Å². The Labute approximate surface area is 420 Å². The van der Waals surface area contributed by atoms with Gasteiger partial charge in [0.15, 0.2) is 12.1 Å². The van der Waals surface area contributed by atoms with Crippen LogP contribution in [0.5, 0.6) is 0 Å². The van der Waals surface area contributed by atoms with Crippen LogP contribution in [0.4, 0.5) is 17.6 Å². The zero-order chi connectivity index (χ0) is 52.9. The molecule has 17 nitrogen and oxygen atoms in total. The summed E-state index contributed by atoms with van der Waals surface area (Å²) in [5, 5.41) is 60.3. The first-order valence-corrected chi connectivity index (χ1v) is 23.1. The summed E-state index contributed by atoms with van der Waals surface area (Å²) in [6.07, 6.45) is 25.3. The summed E-state index contributed by atoms with van der Waals surface area (Å²) < 4.78 is 50.8. The van der Waals surface area contributed by atoms with Gasteiger partial charge in [0, 0.05) is 91.4 Å². The summed E-state index contributed by atoms with van der Waals surface area (Å²) in [4.78, 5) is 19.1. The first-order chi connectivity index (χ1) is 34.2. The first kappa shape index (κ1) is 62.6. The lowest BCUT2D eigenvalue weighted by Gasteiger charge is -2.38. The van der Waals surface area contributed by atoms with Crippen molar-refractivity contribution < 1.29 is 17.6 Å². The molecular weight excluding hydrogens is 915 g/mol. The van der Waals surface area contributed by atoms with E-state index in [4.69, 9.17) is 68.9 Å². The maximum Gasteiger partial charge on any atom is 0.394 e. The van der Waals surface area contributed by atoms with Crippen LogP contribution in [-0.4, -0.2) is 225 Å². The largest absolute Gasteiger partial charge is 0.394 e. The van der Waals surface area contributed by atoms with E-state index in [1.54, 1.807) is 14.7 Å². The Morgan fingerprint density at radius 2 is 0.817 bits per heavy atom. The van der Waals surface area contributed by atoms with Crippen molar-refractivity contribution in [3.8, 4) is 104 Å². The molecule has 5 aliphatic rings. The van der Waals surface area contributed by atoms with E-state index >= 15 is 0 Å². The zero-order valence-electron chi connectivity index (χ0n) is 40.6. The maximum absolute atomic E-state index is 13.1. The molecule has 0 bridgehead atoms. The number of hydrogen-bond acceptors (Lipinski definition) is 17. The fourth-order valence-electron chi connectivity index (χ4n) is 8.08. The fourth-order valence-corrected chi connectivity index (χ4v) is 8.08. The Hall–Kier alpha value is -6.45. The molecule has 21 heteroatoms. The van der Waals surface area contributed by atoms with Crippen molar-refractivity contribution in [1.82, 2.24) is 49.0 Å². The Morgan fingerprint density at radius 3 is 1.27 bits per heavy atom. The highest BCUT2D eigenvalue weighted by atomic mass is 19.4. The number of alkyl halides is 4. The van der Waals surface area contributed by atoms with Crippen LogP contribution in [0.3, 0.4) is 0 Å². The van der Waals surface area contributed by atoms with Crippen molar-refractivity contribution >= 4 is 0 Å². The smallest absolute Gasteiger partial charge is 0.289 e. The fraction of sp³-hybridized carbons (Fsp3) is 0.660. The standard InChI is InChI=1S/C11H11N5.C11H17N3.C10H12F3N3.C9H12FN3.C9H13N3/c1-2-10(6-12)15-4-3-5-16(9-15)11(7-13)8-14;1-2-3-7-13-9-5-10-14(11-13)8-4-6-12;1-2-4-15-6-9(10(11,12)13)7-16(8-15)5-3-14;1-2-4-12-6-9(10)7-13(8-12)5-3-11;1-2-5-11-6-3-7-12(9-11)8-4-10/h1,10-11H,3-5,9H2;1H,3-5,7-11H2;1,9H,4-8H2;1,9H,4-8H2;1H,3,5-9H2. The second-order valence-corrected chi connectivity index (χ2v) is 16.9. The third-order valence-electron chi connectivity index (χ3n) is 11.3. The van der Waals surface area contributed by atoms with Crippen molar-refractivity contribution in [3.05, 3.63) is 0 Å². The average molecular weight is 980 g/mol. The number of hydrogen-bond donors (Lipinski definition) is 0. The van der Waals surface area contributed by atoms with Gasteiger partial charge in [-0.05, 0) is 19.3 Å². The van der Waals surface area contributed by atoms with Crippen molar-refractivity contribution in [2.45, 2.75) is 56.5 Å². The van der Waals surface area contributed by atoms with E-state index in [2.05, 4.69) is 61.3 Å². The lowest BCUT2D eigenvalue weighted by Crippen LogP contribution is -2.53. The van der Waals surface area contributed by atoms with Crippen LogP contribution in [0, 0.1) is 147 Å². The van der Waals surface area contributed by atoms with Crippen LogP contribution in [0.2, 0.25) is 0 Å². The molecule has 0 radical (unpaired) electrons. The molecule has 5 aliphatic heterocycles. The molecule has 0 aromatic heterocycles. The Kier molecular flexibility index (Phi) is 32.9. The lowest BCUT2D eigenvalue weighted by atomic mass is 10.1. The molecule has 0 N–H and O–H groups in total. The minimum absolute atomic E-state index is 0.00630. The van der Waals surface area contributed by atoms with Crippen LogP contribution in [0.1, 0.15) is 32.1 Å². The molecule has 5 saturated heterocycles. The molecule has 0 aromatic rings. The number of nitriles is 7. The number of nitrogens with zero attached hydrogens (tertiary/aromatic N) is 17. The molecule has 0 amide bonds. The molecule has 0 spiro atoms. The highest BCUT2D eigenvalue weighted by Crippen LogP contribution is 2.30. The molecule has 3 unspecified atom stereocenters. The summed E-state index contributed by atoms with van der Waals surface area (Å²) in [6, 6.07) is 12.7. The third-order valence-corrected chi connectivity index (χ3v) is 11.3. The summed E-state index contributed by atoms with van der Waals surface area (Å²) in [5.74, 6) is 11.0. The zero-order valence-corrected chi connectivity index (χ0v) is 40.6. The predicted molar refractivity (Wildman–Crippen MR) is 259 cm³/mol. The van der Waals surface area contributed by atoms with E-state index in [-0.39, 0.29) is 32.7 Å². The topological polar surface area (TPSA) is 199 Å². The van der Waals surface area contributed by atoms with Gasteiger partial charge in [-0.1, -0.05) is 23.7 Å². The van der Waals surface area contributed by atoms with Gasteiger partial charge in [0.1, 0.15) is 6.17 Å². The van der Waals surface area contributed by atoms with E-state index < -0.39 is 30.3 Å². The Morgan fingerprint density at radius 1 is 0.437 bits per heavy atom. The third kappa shape index (κ3) is 26.4. The van der Waals surface area contributed by atoms with Crippen molar-refractivity contribution in [2.75, 3.05) is 151 Å². The van der Waals surface area contributed by atoms with E-state index in [9.17, 15) is 17.6 Å². The van der Waals surface area contributed by atoms with Gasteiger partial charge in [0.25, 0.3) is 0 Å². The molecule has 5 heterocycles. The van der Waals surface area contributed by atoms with Crippen LogP contribution in [0.15, 0.2) is 0 Å². The summed E-state index contributed by atoms with van der Waals surface area (Å²) in [7, 11) is 0. The van der Waals surface area contributed by atoms with Crippen LogP contribution in [-0.2, 0) is 0 Å². The quantitative estimate of drug-likeness (QED) is 0.156. The van der Waals surface area contributed by atoms with Gasteiger partial charge in [-0.3, -0.25) is 49.0 Å². The molecule has 0 aliphatic carbocycles. The van der Waals surface area contributed by atoms with Crippen LogP contribution < -0.4 is 0 Å². The van der Waals surface area contributed by atoms with Crippen LogP contribution >= 0.6 is 0 Å². The van der Waals surface area contributed by atoms with Gasteiger partial charge >= 0.3 is 6.18 Å². The molecule has 0 aromatic carbocycles. The highest BCUT2D eigenvalue weighted by molar-refractivity contribution is 5.14. The van der Waals surface area contributed by atoms with E-state index in [0.717, 1.165) is 78.4 Å². The number of terminal acetylenes is 5. The molecule has 5 rings (SSSR count). The first-order valence-electron chi connectivity index (χ1n) is 23.1. The normalized spacial score (nSPS) is 21.3. The maximum atomic E-state index is 13.1. The van der Waals surface area contributed by atoms with Crippen molar-refractivity contribution in [2.24, 2.45) is 5.92 Å². The van der Waals surface area contributed by atoms with E-state index in [0.29, 0.717) is 65.7 Å². The summed E-state index contributed by atoms with van der Waals surface area (Å²) >= 11 is 0. The van der Waals surface area contributed by atoms with E-state index in [1.165, 1.54) is 16.2 Å². The molecule has 71 heavy (non-hydrogen) atoms. The van der Waals surface area contributed by atoms with Gasteiger partial charge in [-0.25, -0.2) is 4.39 Å². The molecule has 378 valence electrons. The predicted octanol–water partition coefficient (Wildman–Crippen LogP) is 1.84. The van der Waals surface area contributed by atoms with Gasteiger partial charge in [0.05, 0.1) is 121 Å².